The molecular formula is C15H14FN3O2S. The molecule has 1 fully saturated rings. The normalized spacial score (nSPS) is 20.2. The van der Waals surface area contributed by atoms with Crippen LogP contribution in [0.3, 0.4) is 0 Å². The van der Waals surface area contributed by atoms with Crippen molar-refractivity contribution in [3.05, 3.63) is 30.1 Å². The molecule has 0 bridgehead atoms. The van der Waals surface area contributed by atoms with Crippen LogP contribution in [0.15, 0.2) is 34.3 Å². The van der Waals surface area contributed by atoms with E-state index in [4.69, 9.17) is 0 Å². The molecule has 1 aromatic carbocycles. The highest BCUT2D eigenvalue weighted by atomic mass is 32.2. The average Bonchev–Trinajstić information content (AvgIpc) is 2.97. The summed E-state index contributed by atoms with van der Waals surface area (Å²) >= 11 is 1.09. The second-order valence-corrected chi connectivity index (χ2v) is 6.04. The number of para-hydroxylation sites is 1. The zero-order valence-corrected chi connectivity index (χ0v) is 12.5. The molecule has 1 aliphatic carbocycles. The first kappa shape index (κ1) is 14.9. The van der Waals surface area contributed by atoms with E-state index in [0.717, 1.165) is 36.7 Å². The molecule has 1 saturated carbocycles. The van der Waals surface area contributed by atoms with Crippen molar-refractivity contribution in [2.45, 2.75) is 19.3 Å². The number of thioether (sulfide) groups is 1. The first-order valence-electron chi connectivity index (χ1n) is 7.00. The van der Waals surface area contributed by atoms with Crippen molar-refractivity contribution in [3.63, 3.8) is 0 Å². The second-order valence-electron chi connectivity index (χ2n) is 5.10. The molecule has 5 nitrogen and oxygen atoms in total. The number of amides is 2. The average molecular weight is 319 g/mol. The third-order valence-corrected chi connectivity index (χ3v) is 4.40. The zero-order chi connectivity index (χ0) is 15.5. The van der Waals surface area contributed by atoms with Gasteiger partial charge in [-0.3, -0.25) is 9.59 Å². The molecule has 114 valence electrons. The predicted octanol–water partition coefficient (Wildman–Crippen LogP) is 2.63. The maximum Gasteiger partial charge on any atom is 0.256 e. The van der Waals surface area contributed by atoms with E-state index in [1.807, 2.05) is 0 Å². The molecule has 1 heterocycles. The summed E-state index contributed by atoms with van der Waals surface area (Å²) in [6.45, 7) is 0. The van der Waals surface area contributed by atoms with Gasteiger partial charge in [-0.25, -0.2) is 9.38 Å². The van der Waals surface area contributed by atoms with Crippen LogP contribution >= 0.6 is 11.8 Å². The van der Waals surface area contributed by atoms with Crippen LogP contribution in [-0.4, -0.2) is 28.4 Å². The van der Waals surface area contributed by atoms with Gasteiger partial charge in [0.1, 0.15) is 5.82 Å². The van der Waals surface area contributed by atoms with Crippen LogP contribution in [0.2, 0.25) is 0 Å². The van der Waals surface area contributed by atoms with Gasteiger partial charge in [0.2, 0.25) is 5.91 Å². The van der Waals surface area contributed by atoms with E-state index < -0.39 is 5.82 Å². The minimum Gasteiger partial charge on any atom is -0.323 e. The van der Waals surface area contributed by atoms with Gasteiger partial charge in [-0.2, -0.15) is 4.99 Å². The fraction of sp³-hybridized carbons (Fsp3) is 0.333. The zero-order valence-electron chi connectivity index (χ0n) is 11.7. The molecule has 0 spiro atoms. The second kappa shape index (κ2) is 6.39. The van der Waals surface area contributed by atoms with E-state index in [1.165, 1.54) is 12.1 Å². The number of benzene rings is 1. The van der Waals surface area contributed by atoms with Gasteiger partial charge in [-0.05, 0) is 31.4 Å². The number of hydrogen-bond acceptors (Lipinski definition) is 4. The summed E-state index contributed by atoms with van der Waals surface area (Å²) in [6.07, 6.45) is 2.58. The fourth-order valence-corrected chi connectivity index (χ4v) is 3.16. The number of hydrogen-bond donors (Lipinski definition) is 1. The topological polar surface area (TPSA) is 70.9 Å². The quantitative estimate of drug-likeness (QED) is 0.931. The summed E-state index contributed by atoms with van der Waals surface area (Å²) in [6, 6.07) is 5.96. The molecule has 1 N–H and O–H groups in total. The maximum atomic E-state index is 13.4. The SMILES string of the molecule is O=C(CSC1=NC(=O)C2CCCC2=N1)Nc1ccccc1F. The van der Waals surface area contributed by atoms with Crippen molar-refractivity contribution in [3.8, 4) is 0 Å². The van der Waals surface area contributed by atoms with Crippen LogP contribution in [0, 0.1) is 11.7 Å². The Balaban J connectivity index is 1.58. The summed E-state index contributed by atoms with van der Waals surface area (Å²) in [7, 11) is 0. The van der Waals surface area contributed by atoms with E-state index in [9.17, 15) is 14.0 Å². The molecule has 1 unspecified atom stereocenters. The van der Waals surface area contributed by atoms with Gasteiger partial charge in [0.15, 0.2) is 5.17 Å². The Morgan fingerprint density at radius 3 is 3.00 bits per heavy atom. The Kier molecular flexibility index (Phi) is 4.33. The molecule has 22 heavy (non-hydrogen) atoms. The van der Waals surface area contributed by atoms with Crippen molar-refractivity contribution in [2.24, 2.45) is 15.9 Å². The van der Waals surface area contributed by atoms with Crippen molar-refractivity contribution in [1.29, 1.82) is 0 Å². The summed E-state index contributed by atoms with van der Waals surface area (Å²) in [5, 5.41) is 2.81. The minimum absolute atomic E-state index is 0.0297. The summed E-state index contributed by atoms with van der Waals surface area (Å²) in [5.74, 6) is -1.14. The molecule has 3 rings (SSSR count). The molecule has 1 atom stereocenters. The van der Waals surface area contributed by atoms with Gasteiger partial charge in [0.25, 0.3) is 5.91 Å². The van der Waals surface area contributed by atoms with E-state index >= 15 is 0 Å². The lowest BCUT2D eigenvalue weighted by Crippen LogP contribution is -2.24. The number of rotatable bonds is 3. The molecule has 0 aromatic heterocycles. The van der Waals surface area contributed by atoms with Crippen LogP contribution in [0.25, 0.3) is 0 Å². The first-order valence-corrected chi connectivity index (χ1v) is 7.99. The number of nitrogens with one attached hydrogen (secondary N) is 1. The predicted molar refractivity (Wildman–Crippen MR) is 84.7 cm³/mol. The summed E-state index contributed by atoms with van der Waals surface area (Å²) in [5.41, 5.74) is 1.01. The molecular weight excluding hydrogens is 305 g/mol. The molecule has 1 aromatic rings. The third kappa shape index (κ3) is 3.24. The lowest BCUT2D eigenvalue weighted by Gasteiger charge is -2.13. The minimum atomic E-state index is -0.486. The lowest BCUT2D eigenvalue weighted by molar-refractivity contribution is -0.119. The molecule has 7 heteroatoms. The maximum absolute atomic E-state index is 13.4. The van der Waals surface area contributed by atoms with Crippen LogP contribution in [-0.2, 0) is 9.59 Å². The van der Waals surface area contributed by atoms with E-state index in [1.54, 1.807) is 12.1 Å². The Hall–Kier alpha value is -2.02. The van der Waals surface area contributed by atoms with Gasteiger partial charge in [0.05, 0.1) is 17.4 Å². The summed E-state index contributed by atoms with van der Waals surface area (Å²) < 4.78 is 13.4. The highest BCUT2D eigenvalue weighted by Crippen LogP contribution is 2.28. The van der Waals surface area contributed by atoms with Crippen molar-refractivity contribution in [1.82, 2.24) is 0 Å². The summed E-state index contributed by atoms with van der Waals surface area (Å²) in [4.78, 5) is 31.9. The van der Waals surface area contributed by atoms with Gasteiger partial charge in [-0.1, -0.05) is 23.9 Å². The van der Waals surface area contributed by atoms with E-state index in [-0.39, 0.29) is 29.2 Å². The molecule has 1 aliphatic heterocycles. The lowest BCUT2D eigenvalue weighted by atomic mass is 10.1. The Morgan fingerprint density at radius 2 is 2.18 bits per heavy atom. The standard InChI is InChI=1S/C15H14FN3O2S/c16-10-5-1-2-6-12(10)17-13(20)8-22-15-18-11-7-3-4-9(11)14(21)19-15/h1-2,5-6,9H,3-4,7-8H2,(H,17,20). The number of aliphatic imine (C=N–C) groups is 2. The molecule has 2 aliphatic rings. The van der Waals surface area contributed by atoms with E-state index in [2.05, 4.69) is 15.3 Å². The largest absolute Gasteiger partial charge is 0.323 e. The van der Waals surface area contributed by atoms with Crippen LogP contribution in [0.1, 0.15) is 19.3 Å². The van der Waals surface area contributed by atoms with E-state index in [0.29, 0.717) is 5.17 Å². The number of nitrogens with zero attached hydrogens (tertiary/aromatic N) is 2. The van der Waals surface area contributed by atoms with Crippen LogP contribution in [0.5, 0.6) is 0 Å². The van der Waals surface area contributed by atoms with Crippen molar-refractivity contribution < 1.29 is 14.0 Å². The monoisotopic (exact) mass is 319 g/mol. The van der Waals surface area contributed by atoms with Gasteiger partial charge in [0, 0.05) is 5.71 Å². The molecule has 0 radical (unpaired) electrons. The van der Waals surface area contributed by atoms with Crippen LogP contribution in [0.4, 0.5) is 10.1 Å². The molecule has 0 saturated heterocycles. The molecule has 2 amide bonds. The highest BCUT2D eigenvalue weighted by molar-refractivity contribution is 8.14. The van der Waals surface area contributed by atoms with Gasteiger partial charge < -0.3 is 5.32 Å². The van der Waals surface area contributed by atoms with Crippen molar-refractivity contribution in [2.75, 3.05) is 11.1 Å². The Bertz CT molecular complexity index is 687. The number of carbonyl (C=O) groups excluding carboxylic acids is 2. The Morgan fingerprint density at radius 1 is 1.36 bits per heavy atom. The first-order chi connectivity index (χ1) is 10.6. The number of fused-ring (bicyclic) bond motifs is 1. The fourth-order valence-electron chi connectivity index (χ4n) is 2.49. The number of halogens is 1. The van der Waals surface area contributed by atoms with Gasteiger partial charge >= 0.3 is 0 Å². The Labute approximate surface area is 131 Å². The highest BCUT2D eigenvalue weighted by Gasteiger charge is 2.32. The number of anilines is 1. The smallest absolute Gasteiger partial charge is 0.256 e. The number of amidine groups is 1. The van der Waals surface area contributed by atoms with Crippen LogP contribution < -0.4 is 5.32 Å². The van der Waals surface area contributed by atoms with Gasteiger partial charge in [-0.15, -0.1) is 0 Å². The third-order valence-electron chi connectivity index (χ3n) is 3.55. The number of carbonyl (C=O) groups is 2. The van der Waals surface area contributed by atoms with Crippen molar-refractivity contribution >= 4 is 40.1 Å².